The third kappa shape index (κ3) is 1.46. The molecule has 2 aliphatic heterocycles. The van der Waals surface area contributed by atoms with Crippen LogP contribution in [0.1, 0.15) is 12.8 Å². The number of nitrogens with one attached hydrogen (secondary N) is 1. The van der Waals surface area contributed by atoms with E-state index in [-0.39, 0.29) is 0 Å². The van der Waals surface area contributed by atoms with Gasteiger partial charge in [0.25, 0.3) is 0 Å². The van der Waals surface area contributed by atoms with E-state index in [2.05, 4.69) is 27.9 Å². The number of rotatable bonds is 0. The van der Waals surface area contributed by atoms with E-state index in [1.165, 1.54) is 12.8 Å². The van der Waals surface area contributed by atoms with Crippen molar-refractivity contribution >= 4 is 22.6 Å². The van der Waals surface area contributed by atoms with E-state index in [4.69, 9.17) is 4.74 Å². The smallest absolute Gasteiger partial charge is 0.0620 e. The topological polar surface area (TPSA) is 21.3 Å². The summed E-state index contributed by atoms with van der Waals surface area (Å²) in [5.41, 5.74) is 0. The molecule has 58 valence electrons. The molecule has 2 saturated heterocycles. The Morgan fingerprint density at radius 2 is 1.80 bits per heavy atom. The van der Waals surface area contributed by atoms with Crippen LogP contribution < -0.4 is 5.32 Å². The molecule has 10 heavy (non-hydrogen) atoms. The van der Waals surface area contributed by atoms with E-state index < -0.39 is 0 Å². The summed E-state index contributed by atoms with van der Waals surface area (Å²) in [6.45, 7) is 1.85. The third-order valence-corrected chi connectivity index (χ3v) is 3.21. The van der Waals surface area contributed by atoms with Crippen LogP contribution in [0, 0.1) is 0 Å². The SMILES string of the molecule is IC1CC2COCC(C1)N2. The molecule has 0 radical (unpaired) electrons. The number of piperidine rings is 1. The zero-order valence-electron chi connectivity index (χ0n) is 5.85. The summed E-state index contributed by atoms with van der Waals surface area (Å²) >= 11 is 2.55. The summed E-state index contributed by atoms with van der Waals surface area (Å²) in [7, 11) is 0. The maximum atomic E-state index is 5.42. The van der Waals surface area contributed by atoms with Crippen molar-refractivity contribution in [1.82, 2.24) is 5.32 Å². The number of hydrogen-bond donors (Lipinski definition) is 1. The van der Waals surface area contributed by atoms with Crippen molar-refractivity contribution in [3.63, 3.8) is 0 Å². The van der Waals surface area contributed by atoms with Gasteiger partial charge in [0.05, 0.1) is 13.2 Å². The lowest BCUT2D eigenvalue weighted by Gasteiger charge is -2.38. The van der Waals surface area contributed by atoms with Gasteiger partial charge in [-0.3, -0.25) is 0 Å². The lowest BCUT2D eigenvalue weighted by molar-refractivity contribution is 0.0267. The minimum Gasteiger partial charge on any atom is -0.378 e. The van der Waals surface area contributed by atoms with Gasteiger partial charge in [0.1, 0.15) is 0 Å². The molecular weight excluding hydrogens is 241 g/mol. The minimum atomic E-state index is 0.648. The average Bonchev–Trinajstić information content (AvgIpc) is 1.85. The van der Waals surface area contributed by atoms with Crippen molar-refractivity contribution in [2.24, 2.45) is 0 Å². The molecule has 2 bridgehead atoms. The predicted molar refractivity (Wildman–Crippen MR) is 48.6 cm³/mol. The number of ether oxygens (including phenoxy) is 1. The van der Waals surface area contributed by atoms with E-state index >= 15 is 0 Å². The molecule has 2 unspecified atom stereocenters. The Balaban J connectivity index is 1.98. The summed E-state index contributed by atoms with van der Waals surface area (Å²) in [4.78, 5) is 0. The first-order valence-electron chi connectivity index (χ1n) is 3.82. The molecule has 0 aromatic heterocycles. The molecule has 2 nitrogen and oxygen atoms in total. The Morgan fingerprint density at radius 1 is 1.20 bits per heavy atom. The van der Waals surface area contributed by atoms with Crippen molar-refractivity contribution < 1.29 is 4.74 Å². The van der Waals surface area contributed by atoms with Crippen molar-refractivity contribution in [2.75, 3.05) is 13.2 Å². The average molecular weight is 253 g/mol. The van der Waals surface area contributed by atoms with Gasteiger partial charge in [-0.05, 0) is 12.8 Å². The third-order valence-electron chi connectivity index (χ3n) is 2.19. The van der Waals surface area contributed by atoms with Crippen LogP contribution in [-0.2, 0) is 4.74 Å². The number of alkyl halides is 1. The van der Waals surface area contributed by atoms with E-state index in [9.17, 15) is 0 Å². The highest BCUT2D eigenvalue weighted by atomic mass is 127. The van der Waals surface area contributed by atoms with Gasteiger partial charge >= 0.3 is 0 Å². The van der Waals surface area contributed by atoms with Gasteiger partial charge < -0.3 is 10.1 Å². The van der Waals surface area contributed by atoms with E-state index in [1.807, 2.05) is 0 Å². The summed E-state index contributed by atoms with van der Waals surface area (Å²) in [6.07, 6.45) is 2.58. The molecule has 0 saturated carbocycles. The van der Waals surface area contributed by atoms with Gasteiger partial charge in [-0.15, -0.1) is 0 Å². The predicted octanol–water partition coefficient (Wildman–Crippen LogP) is 0.941. The highest BCUT2D eigenvalue weighted by molar-refractivity contribution is 14.1. The van der Waals surface area contributed by atoms with Crippen molar-refractivity contribution in [1.29, 1.82) is 0 Å². The molecule has 2 aliphatic rings. The number of hydrogen-bond acceptors (Lipinski definition) is 2. The fourth-order valence-corrected chi connectivity index (χ4v) is 3.00. The van der Waals surface area contributed by atoms with Crippen LogP contribution in [-0.4, -0.2) is 29.2 Å². The summed E-state index contributed by atoms with van der Waals surface area (Å²) < 4.78 is 6.29. The molecule has 3 heteroatoms. The Kier molecular flexibility index (Phi) is 2.15. The van der Waals surface area contributed by atoms with Crippen molar-refractivity contribution in [2.45, 2.75) is 28.8 Å². The Morgan fingerprint density at radius 3 is 2.40 bits per heavy atom. The van der Waals surface area contributed by atoms with E-state index in [1.54, 1.807) is 0 Å². The first-order chi connectivity index (χ1) is 4.84. The number of fused-ring (bicyclic) bond motifs is 2. The quantitative estimate of drug-likeness (QED) is 0.512. The Bertz CT molecular complexity index is 115. The van der Waals surface area contributed by atoms with Crippen LogP contribution >= 0.6 is 22.6 Å². The fraction of sp³-hybridized carbons (Fsp3) is 1.00. The monoisotopic (exact) mass is 253 g/mol. The van der Waals surface area contributed by atoms with Gasteiger partial charge in [-0.1, -0.05) is 22.6 Å². The molecule has 2 rings (SSSR count). The molecule has 0 aromatic carbocycles. The number of halogens is 1. The maximum Gasteiger partial charge on any atom is 0.0620 e. The van der Waals surface area contributed by atoms with Crippen LogP contribution in [0.5, 0.6) is 0 Å². The molecule has 0 aromatic rings. The zero-order valence-corrected chi connectivity index (χ0v) is 8.00. The van der Waals surface area contributed by atoms with Crippen molar-refractivity contribution in [3.8, 4) is 0 Å². The van der Waals surface area contributed by atoms with Gasteiger partial charge in [0, 0.05) is 16.0 Å². The van der Waals surface area contributed by atoms with E-state index in [0.29, 0.717) is 12.1 Å². The van der Waals surface area contributed by atoms with Gasteiger partial charge in [0.15, 0.2) is 0 Å². The van der Waals surface area contributed by atoms with Crippen LogP contribution in [0.15, 0.2) is 0 Å². The first-order valence-corrected chi connectivity index (χ1v) is 5.07. The van der Waals surface area contributed by atoms with Crippen LogP contribution in [0.3, 0.4) is 0 Å². The standard InChI is InChI=1S/C7H12INO/c8-5-1-6-3-10-4-7(2-5)9-6/h5-7,9H,1-4H2. The first kappa shape index (κ1) is 7.31. The highest BCUT2D eigenvalue weighted by Gasteiger charge is 2.30. The minimum absolute atomic E-state index is 0.648. The Hall–Kier alpha value is 0.650. The second kappa shape index (κ2) is 2.95. The lowest BCUT2D eigenvalue weighted by Crippen LogP contribution is -2.54. The second-order valence-corrected chi connectivity index (χ2v) is 4.93. The second-order valence-electron chi connectivity index (χ2n) is 3.17. The summed E-state index contributed by atoms with van der Waals surface area (Å²) in [5.74, 6) is 0. The lowest BCUT2D eigenvalue weighted by atomic mass is 9.98. The summed E-state index contributed by atoms with van der Waals surface area (Å²) in [6, 6.07) is 1.30. The van der Waals surface area contributed by atoms with Gasteiger partial charge in [-0.25, -0.2) is 0 Å². The van der Waals surface area contributed by atoms with E-state index in [0.717, 1.165) is 17.1 Å². The van der Waals surface area contributed by atoms with Gasteiger partial charge in [0.2, 0.25) is 0 Å². The van der Waals surface area contributed by atoms with Crippen LogP contribution in [0.25, 0.3) is 0 Å². The largest absolute Gasteiger partial charge is 0.378 e. The molecule has 2 fully saturated rings. The van der Waals surface area contributed by atoms with Crippen LogP contribution in [0.4, 0.5) is 0 Å². The molecule has 0 amide bonds. The Labute approximate surface area is 74.8 Å². The zero-order chi connectivity index (χ0) is 6.97. The highest BCUT2D eigenvalue weighted by Crippen LogP contribution is 2.23. The van der Waals surface area contributed by atoms with Crippen molar-refractivity contribution in [3.05, 3.63) is 0 Å². The van der Waals surface area contributed by atoms with Gasteiger partial charge in [-0.2, -0.15) is 0 Å². The molecule has 2 heterocycles. The summed E-state index contributed by atoms with van der Waals surface area (Å²) in [5, 5.41) is 3.55. The molecule has 1 N–H and O–H groups in total. The van der Waals surface area contributed by atoms with Crippen LogP contribution in [0.2, 0.25) is 0 Å². The molecular formula is C7H12INO. The maximum absolute atomic E-state index is 5.42. The molecule has 0 spiro atoms. The molecule has 2 atom stereocenters. The normalized spacial score (nSPS) is 47.1. The fourth-order valence-electron chi connectivity index (χ4n) is 1.77. The number of morpholine rings is 1. The molecule has 0 aliphatic carbocycles.